The van der Waals surface area contributed by atoms with E-state index in [0.717, 1.165) is 0 Å². The highest BCUT2D eigenvalue weighted by Crippen LogP contribution is 2.61. The highest BCUT2D eigenvalue weighted by atomic mass is 28.3. The Kier molecular flexibility index (Phi) is 8.50. The molecule has 44 heavy (non-hydrogen) atoms. The highest BCUT2D eigenvalue weighted by molar-refractivity contribution is 7.05. The zero-order valence-corrected chi connectivity index (χ0v) is 29.4. The van der Waals surface area contributed by atoms with Gasteiger partial charge in [0.2, 0.25) is 0 Å². The van der Waals surface area contributed by atoms with Gasteiger partial charge in [0.15, 0.2) is 0 Å². The van der Waals surface area contributed by atoms with E-state index in [0.29, 0.717) is 0 Å². The first-order valence-electron chi connectivity index (χ1n) is 16.6. The minimum atomic E-state index is -2.12. The summed E-state index contributed by atoms with van der Waals surface area (Å²) < 4.78 is 0. The smallest absolute Gasteiger partial charge is 0.0703 e. The van der Waals surface area contributed by atoms with Crippen LogP contribution in [0.25, 0.3) is 22.3 Å². The zero-order chi connectivity index (χ0) is 30.9. The van der Waals surface area contributed by atoms with Crippen LogP contribution in [0.3, 0.4) is 0 Å². The molecule has 2 heteroatoms. The van der Waals surface area contributed by atoms with Crippen LogP contribution in [-0.4, -0.2) is 16.1 Å². The van der Waals surface area contributed by atoms with Crippen LogP contribution in [0.15, 0.2) is 142 Å². The Hall–Kier alpha value is -3.73. The van der Waals surface area contributed by atoms with E-state index >= 15 is 0 Å². The summed E-state index contributed by atoms with van der Waals surface area (Å²) in [7, 11) is -4.23. The lowest BCUT2D eigenvalue weighted by molar-refractivity contribution is 1.23. The van der Waals surface area contributed by atoms with Gasteiger partial charge in [-0.15, -0.1) is 0 Å². The minimum absolute atomic E-state index is 1.22. The van der Waals surface area contributed by atoms with E-state index in [1.165, 1.54) is 68.7 Å². The van der Waals surface area contributed by atoms with Crippen molar-refractivity contribution in [3.63, 3.8) is 0 Å². The standard InChI is InChI=1S/C42H46Si2/c1-7-43(8-2)31(5)37(33-23-15-11-16-24-33)39(35-27-19-13-20-28-35)41(43)42-40(36-29-21-14-22-30-36)38(34-25-17-12-18-26-34)32(6)44(42,9-3)10-4/h11-30H,7-10H2,1-6H3. The summed E-state index contributed by atoms with van der Waals surface area (Å²) >= 11 is 0. The Morgan fingerprint density at radius 1 is 0.341 bits per heavy atom. The molecule has 0 radical (unpaired) electrons. The Labute approximate surface area is 267 Å². The van der Waals surface area contributed by atoms with Crippen LogP contribution in [0, 0.1) is 0 Å². The fourth-order valence-electron chi connectivity index (χ4n) is 8.67. The van der Waals surface area contributed by atoms with Gasteiger partial charge in [-0.2, -0.15) is 0 Å². The number of rotatable bonds is 9. The van der Waals surface area contributed by atoms with E-state index in [1.54, 1.807) is 20.8 Å². The second-order valence-corrected chi connectivity index (χ2v) is 22.2. The van der Waals surface area contributed by atoms with Crippen LogP contribution in [0.5, 0.6) is 0 Å². The Balaban J connectivity index is 1.85. The molecule has 4 aromatic carbocycles. The summed E-state index contributed by atoms with van der Waals surface area (Å²) in [6.07, 6.45) is 0. The fourth-order valence-corrected chi connectivity index (χ4v) is 19.6. The third kappa shape index (κ3) is 4.54. The van der Waals surface area contributed by atoms with E-state index in [4.69, 9.17) is 0 Å². The summed E-state index contributed by atoms with van der Waals surface area (Å²) in [4.78, 5) is 0. The van der Waals surface area contributed by atoms with Crippen molar-refractivity contribution < 1.29 is 0 Å². The van der Waals surface area contributed by atoms with E-state index < -0.39 is 16.1 Å². The Bertz CT molecular complexity index is 1630. The van der Waals surface area contributed by atoms with Gasteiger partial charge in [0.25, 0.3) is 0 Å². The van der Waals surface area contributed by atoms with Crippen LogP contribution in [0.4, 0.5) is 0 Å². The normalized spacial score (nSPS) is 17.7. The number of hydrogen-bond acceptors (Lipinski definition) is 0. The van der Waals surface area contributed by atoms with Crippen molar-refractivity contribution in [2.24, 2.45) is 0 Å². The first-order valence-corrected chi connectivity index (χ1v) is 21.5. The molecule has 0 nitrogen and oxygen atoms in total. The SMILES string of the molecule is CC[Si]1(CC)C(C)=C(c2ccccc2)C(c2ccccc2)=C1C1=C(c2ccccc2)C(c2ccccc2)=C(C)[Si]1(CC)CC. The molecule has 0 saturated carbocycles. The molecule has 0 atom stereocenters. The molecule has 222 valence electrons. The molecule has 0 fully saturated rings. The number of benzene rings is 4. The molecular formula is C42H46Si2. The van der Waals surface area contributed by atoms with E-state index in [-0.39, 0.29) is 0 Å². The van der Waals surface area contributed by atoms with Gasteiger partial charge in [-0.3, -0.25) is 0 Å². The van der Waals surface area contributed by atoms with Crippen molar-refractivity contribution in [3.8, 4) is 0 Å². The van der Waals surface area contributed by atoms with Crippen LogP contribution in [-0.2, 0) is 0 Å². The molecule has 0 spiro atoms. The van der Waals surface area contributed by atoms with E-state index in [9.17, 15) is 0 Å². The number of allylic oxidation sites excluding steroid dienone is 8. The summed E-state index contributed by atoms with van der Waals surface area (Å²) in [5.41, 5.74) is 11.5. The molecule has 2 aliphatic heterocycles. The molecular weight excluding hydrogens is 561 g/mol. The molecule has 2 aliphatic rings. The Morgan fingerprint density at radius 3 is 0.795 bits per heavy atom. The quantitative estimate of drug-likeness (QED) is 0.166. The number of hydrogen-bond donors (Lipinski definition) is 0. The predicted octanol–water partition coefficient (Wildman–Crippen LogP) is 12.0. The van der Waals surface area contributed by atoms with Gasteiger partial charge >= 0.3 is 0 Å². The van der Waals surface area contributed by atoms with E-state index in [2.05, 4.69) is 163 Å². The maximum absolute atomic E-state index is 2.51. The lowest BCUT2D eigenvalue weighted by atomic mass is 9.89. The average Bonchev–Trinajstić information content (AvgIpc) is 3.50. The maximum Gasteiger partial charge on any atom is 0.114 e. The summed E-state index contributed by atoms with van der Waals surface area (Å²) in [5.74, 6) is 0. The van der Waals surface area contributed by atoms with Gasteiger partial charge in [0, 0.05) is 0 Å². The molecule has 0 aliphatic carbocycles. The largest absolute Gasteiger partial charge is 0.114 e. The minimum Gasteiger partial charge on any atom is -0.0703 e. The van der Waals surface area contributed by atoms with Crippen molar-refractivity contribution in [1.82, 2.24) is 0 Å². The van der Waals surface area contributed by atoms with Gasteiger partial charge in [-0.1, -0.05) is 184 Å². The van der Waals surface area contributed by atoms with E-state index in [1.807, 2.05) is 0 Å². The van der Waals surface area contributed by atoms with Gasteiger partial charge in [-0.05, 0) is 68.8 Å². The van der Waals surface area contributed by atoms with Gasteiger partial charge < -0.3 is 0 Å². The molecule has 2 heterocycles. The van der Waals surface area contributed by atoms with Crippen molar-refractivity contribution >= 4 is 38.4 Å². The monoisotopic (exact) mass is 606 g/mol. The third-order valence-electron chi connectivity index (χ3n) is 11.1. The molecule has 0 N–H and O–H groups in total. The average molecular weight is 607 g/mol. The fraction of sp³-hybridized carbons (Fsp3) is 0.238. The summed E-state index contributed by atoms with van der Waals surface area (Å²) in [6.45, 7) is 15.0. The lowest BCUT2D eigenvalue weighted by Crippen LogP contribution is -2.44. The molecule has 6 rings (SSSR count). The van der Waals surface area contributed by atoms with Crippen LogP contribution >= 0.6 is 0 Å². The first-order chi connectivity index (χ1) is 21.5. The molecule has 0 aromatic heterocycles. The third-order valence-corrected chi connectivity index (χ3v) is 22.4. The topological polar surface area (TPSA) is 0 Å². The van der Waals surface area contributed by atoms with Crippen molar-refractivity contribution in [1.29, 1.82) is 0 Å². The molecule has 0 saturated heterocycles. The molecule has 0 unspecified atom stereocenters. The maximum atomic E-state index is 2.51. The van der Waals surface area contributed by atoms with Gasteiger partial charge in [0.1, 0.15) is 16.1 Å². The molecule has 0 bridgehead atoms. The summed E-state index contributed by atoms with van der Waals surface area (Å²) in [6, 6.07) is 50.3. The van der Waals surface area contributed by atoms with Crippen LogP contribution < -0.4 is 0 Å². The van der Waals surface area contributed by atoms with Crippen LogP contribution in [0.1, 0.15) is 63.8 Å². The second-order valence-electron chi connectivity index (χ2n) is 12.5. The Morgan fingerprint density at radius 2 is 0.568 bits per heavy atom. The van der Waals surface area contributed by atoms with Crippen molar-refractivity contribution in [2.45, 2.75) is 65.7 Å². The first kappa shape index (κ1) is 30.3. The van der Waals surface area contributed by atoms with Crippen molar-refractivity contribution in [2.75, 3.05) is 0 Å². The molecule has 0 amide bonds. The predicted molar refractivity (Wildman–Crippen MR) is 198 cm³/mol. The molecule has 4 aromatic rings. The van der Waals surface area contributed by atoms with Crippen molar-refractivity contribution in [3.05, 3.63) is 164 Å². The van der Waals surface area contributed by atoms with Crippen LogP contribution in [0.2, 0.25) is 24.2 Å². The zero-order valence-electron chi connectivity index (χ0n) is 27.4. The summed E-state index contributed by atoms with van der Waals surface area (Å²) in [5, 5.41) is 6.85. The highest BCUT2D eigenvalue weighted by Gasteiger charge is 2.54. The van der Waals surface area contributed by atoms with Gasteiger partial charge in [-0.25, -0.2) is 0 Å². The lowest BCUT2D eigenvalue weighted by Gasteiger charge is -2.39. The van der Waals surface area contributed by atoms with Gasteiger partial charge in [0.05, 0.1) is 0 Å². The second kappa shape index (κ2) is 12.3.